The molecule has 0 aliphatic rings. The maximum Gasteiger partial charge on any atom is 0.549 e. The normalized spacial score (nSPS) is 10.4. The molecule has 3 aromatic carbocycles. The minimum Gasteiger partial charge on any atom is -0.497 e. The van der Waals surface area contributed by atoms with Crippen molar-refractivity contribution in [1.82, 2.24) is 0 Å². The summed E-state index contributed by atoms with van der Waals surface area (Å²) in [5.74, 6) is -2.50. The molecule has 0 unspecified atom stereocenters. The van der Waals surface area contributed by atoms with Gasteiger partial charge in [-0.2, -0.15) is 14.4 Å². The monoisotopic (exact) mass is 806 g/mol. The zero-order chi connectivity index (χ0) is 42.0. The van der Waals surface area contributed by atoms with Crippen molar-refractivity contribution >= 4 is 36.4 Å². The highest BCUT2D eigenvalue weighted by molar-refractivity contribution is 5.94. The lowest BCUT2D eigenvalue weighted by molar-refractivity contribution is -0.217. The average Bonchev–Trinajstić information content (AvgIpc) is 3.25. The van der Waals surface area contributed by atoms with Crippen molar-refractivity contribution in [2.45, 2.75) is 13.3 Å². The third kappa shape index (κ3) is 12.6. The second-order valence-electron chi connectivity index (χ2n) is 11.0. The van der Waals surface area contributed by atoms with Gasteiger partial charge in [0.15, 0.2) is 0 Å². The third-order valence-corrected chi connectivity index (χ3v) is 7.67. The van der Waals surface area contributed by atoms with Crippen LogP contribution in [0.2, 0.25) is 0 Å². The van der Waals surface area contributed by atoms with Crippen molar-refractivity contribution in [3.63, 3.8) is 0 Å². The quantitative estimate of drug-likeness (QED) is 0.0780. The van der Waals surface area contributed by atoms with Crippen LogP contribution in [-0.4, -0.2) is 98.9 Å². The fraction of sp³-hybridized carbons (Fsp3) is 0.333. The van der Waals surface area contributed by atoms with E-state index in [9.17, 15) is 28.8 Å². The van der Waals surface area contributed by atoms with Gasteiger partial charge in [-0.05, 0) is 61.0 Å². The number of carbonyl (C=O) groups is 6. The zero-order valence-corrected chi connectivity index (χ0v) is 31.6. The minimum atomic E-state index is -1.63. The summed E-state index contributed by atoms with van der Waals surface area (Å²) in [6.45, 7) is -0.725. The van der Waals surface area contributed by atoms with Crippen molar-refractivity contribution in [2.24, 2.45) is 5.41 Å². The van der Waals surface area contributed by atoms with Crippen LogP contribution in [0.1, 0.15) is 44.4 Å². The summed E-state index contributed by atoms with van der Waals surface area (Å²) in [5, 5.41) is 0. The maximum atomic E-state index is 12.6. The van der Waals surface area contributed by atoms with E-state index in [1.807, 2.05) is 0 Å². The van der Waals surface area contributed by atoms with Gasteiger partial charge < -0.3 is 42.6 Å². The Morgan fingerprint density at radius 1 is 0.421 bits per heavy atom. The summed E-state index contributed by atoms with van der Waals surface area (Å²) in [4.78, 5) is 103. The first-order valence-electron chi connectivity index (χ1n) is 16.2. The molecule has 0 aromatic heterocycles. The average molecular weight is 807 g/mol. The molecule has 57 heavy (non-hydrogen) atoms. The number of methoxy groups -OCH3 is 6. The van der Waals surface area contributed by atoms with Gasteiger partial charge >= 0.3 is 36.4 Å². The molecule has 0 bridgehead atoms. The summed E-state index contributed by atoms with van der Waals surface area (Å²) >= 11 is 0. The highest BCUT2D eigenvalue weighted by atomic mass is 17.2. The first kappa shape index (κ1) is 44.1. The second-order valence-corrected chi connectivity index (χ2v) is 11.0. The molecule has 21 heteroatoms. The van der Waals surface area contributed by atoms with Gasteiger partial charge in [-0.15, -0.1) is 0 Å². The molecular formula is C36H38O21. The van der Waals surface area contributed by atoms with E-state index < -0.39 is 61.6 Å². The topological polar surface area (TPSA) is 241 Å². The molecule has 0 aliphatic heterocycles. The highest BCUT2D eigenvalue weighted by Gasteiger charge is 2.36. The summed E-state index contributed by atoms with van der Waals surface area (Å²) in [7, 11) is 7.94. The number of benzene rings is 3. The predicted octanol–water partition coefficient (Wildman–Crippen LogP) is 5.21. The SMILES string of the molecule is CCC(COC(=O)OOC(=O)c1cc(OC)ccc1OC)(COC(=O)OOC(=O)c1cc(OC)ccc1OC)COC(=O)OOC(=O)c1cc(OC)ccc1OC. The van der Waals surface area contributed by atoms with E-state index in [-0.39, 0.29) is 57.6 Å². The summed E-state index contributed by atoms with van der Waals surface area (Å²) in [6, 6.07) is 12.5. The van der Waals surface area contributed by atoms with Crippen LogP contribution in [0.25, 0.3) is 0 Å². The van der Waals surface area contributed by atoms with Crippen molar-refractivity contribution in [1.29, 1.82) is 0 Å². The Balaban J connectivity index is 1.68. The molecule has 3 rings (SSSR count). The molecule has 308 valence electrons. The van der Waals surface area contributed by atoms with Crippen LogP contribution in [0, 0.1) is 5.41 Å². The van der Waals surface area contributed by atoms with E-state index in [1.165, 1.54) is 104 Å². The fourth-order valence-electron chi connectivity index (χ4n) is 4.41. The lowest BCUT2D eigenvalue weighted by Crippen LogP contribution is -2.39. The van der Waals surface area contributed by atoms with Gasteiger partial charge in [0.05, 0.1) is 48.1 Å². The Bertz CT molecular complexity index is 1680. The molecule has 3 aromatic rings. The van der Waals surface area contributed by atoms with Gasteiger partial charge in [0, 0.05) is 0 Å². The van der Waals surface area contributed by atoms with Crippen LogP contribution in [-0.2, 0) is 43.5 Å². The summed E-state index contributed by atoms with van der Waals surface area (Å²) in [6.07, 6.45) is -4.76. The molecule has 0 radical (unpaired) electrons. The van der Waals surface area contributed by atoms with E-state index in [4.69, 9.17) is 42.6 Å². The molecule has 0 aliphatic carbocycles. The Labute approximate surface area is 324 Å². The molecule has 0 atom stereocenters. The standard InChI is InChI=1S/C36H38O21/c1-8-36(18-49-33(40)55-52-30(37)24-15-21(43-2)9-12-27(24)46-5,19-50-34(41)56-53-31(38)25-16-22(44-3)10-13-28(25)47-6)20-51-35(42)57-54-32(39)26-17-23(45-4)11-14-29(26)48-7/h9-17H,8,18-20H2,1-7H3. The molecule has 0 fully saturated rings. The smallest absolute Gasteiger partial charge is 0.497 e. The van der Waals surface area contributed by atoms with Crippen LogP contribution >= 0.6 is 0 Å². The first-order chi connectivity index (χ1) is 27.4. The maximum absolute atomic E-state index is 12.6. The van der Waals surface area contributed by atoms with E-state index in [1.54, 1.807) is 0 Å². The van der Waals surface area contributed by atoms with E-state index >= 15 is 0 Å². The van der Waals surface area contributed by atoms with Gasteiger partial charge in [0.1, 0.15) is 71.0 Å². The van der Waals surface area contributed by atoms with Gasteiger partial charge in [-0.3, -0.25) is 0 Å². The molecule has 0 heterocycles. The summed E-state index contributed by atoms with van der Waals surface area (Å²) in [5.41, 5.74) is -2.12. The van der Waals surface area contributed by atoms with Crippen molar-refractivity contribution in [3.05, 3.63) is 71.3 Å². The minimum absolute atomic E-state index is 0.0671. The Kier molecular flexibility index (Phi) is 16.7. The van der Waals surface area contributed by atoms with Crippen LogP contribution in [0.3, 0.4) is 0 Å². The second kappa shape index (κ2) is 21.5. The van der Waals surface area contributed by atoms with Crippen LogP contribution < -0.4 is 28.4 Å². The molecule has 21 nitrogen and oxygen atoms in total. The van der Waals surface area contributed by atoms with E-state index in [0.29, 0.717) is 0 Å². The molecule has 0 N–H and O–H groups in total. The van der Waals surface area contributed by atoms with Gasteiger partial charge in [-0.25, -0.2) is 43.7 Å². The largest absolute Gasteiger partial charge is 0.549 e. The highest BCUT2D eigenvalue weighted by Crippen LogP contribution is 2.29. The number of hydrogen-bond acceptors (Lipinski definition) is 21. The predicted molar refractivity (Wildman–Crippen MR) is 185 cm³/mol. The summed E-state index contributed by atoms with van der Waals surface area (Å²) < 4.78 is 45.8. The van der Waals surface area contributed by atoms with Crippen molar-refractivity contribution < 1.29 is 101 Å². The number of carbonyl (C=O) groups excluding carboxylic acids is 6. The molecule has 0 saturated carbocycles. The number of ether oxygens (including phenoxy) is 9. The Morgan fingerprint density at radius 2 is 0.702 bits per heavy atom. The van der Waals surface area contributed by atoms with E-state index in [2.05, 4.69) is 29.3 Å². The first-order valence-corrected chi connectivity index (χ1v) is 16.2. The van der Waals surface area contributed by atoms with Crippen molar-refractivity contribution in [2.75, 3.05) is 62.5 Å². The molecule has 0 spiro atoms. The lowest BCUT2D eigenvalue weighted by Gasteiger charge is -2.29. The van der Waals surface area contributed by atoms with E-state index in [0.717, 1.165) is 0 Å². The van der Waals surface area contributed by atoms with Crippen LogP contribution in [0.4, 0.5) is 14.4 Å². The third-order valence-electron chi connectivity index (χ3n) is 7.67. The van der Waals surface area contributed by atoms with Crippen molar-refractivity contribution in [3.8, 4) is 34.5 Å². The zero-order valence-electron chi connectivity index (χ0n) is 31.6. The molecular weight excluding hydrogens is 768 g/mol. The fourth-order valence-corrected chi connectivity index (χ4v) is 4.41. The lowest BCUT2D eigenvalue weighted by atomic mass is 9.88. The molecule has 0 amide bonds. The van der Waals surface area contributed by atoms with Gasteiger partial charge in [0.2, 0.25) is 0 Å². The van der Waals surface area contributed by atoms with Crippen LogP contribution in [0.15, 0.2) is 54.6 Å². The molecule has 0 saturated heterocycles. The number of hydrogen-bond donors (Lipinski definition) is 0. The number of rotatable bonds is 16. The Hall–Kier alpha value is -7.32. The van der Waals surface area contributed by atoms with Gasteiger partial charge in [0.25, 0.3) is 0 Å². The Morgan fingerprint density at radius 3 is 0.930 bits per heavy atom. The van der Waals surface area contributed by atoms with Gasteiger partial charge in [-0.1, -0.05) is 6.92 Å². The van der Waals surface area contributed by atoms with Crippen LogP contribution in [0.5, 0.6) is 34.5 Å².